The number of likely N-dealkylation sites (tertiary alicyclic amines) is 1. The third-order valence-corrected chi connectivity index (χ3v) is 4.11. The summed E-state index contributed by atoms with van der Waals surface area (Å²) in [5, 5.41) is 3.84. The zero-order valence-electron chi connectivity index (χ0n) is 11.5. The molecule has 0 atom stereocenters. The Morgan fingerprint density at radius 2 is 1.95 bits per heavy atom. The summed E-state index contributed by atoms with van der Waals surface area (Å²) in [6.07, 6.45) is 4.92. The average molecular weight is 315 g/mol. The Kier molecular flexibility index (Phi) is 6.14. The van der Waals surface area contributed by atoms with Crippen LogP contribution >= 0.6 is 23.2 Å². The summed E-state index contributed by atoms with van der Waals surface area (Å²) in [5.41, 5.74) is 0.481. The van der Waals surface area contributed by atoms with Gasteiger partial charge in [-0.3, -0.25) is 4.79 Å². The first-order valence-corrected chi connectivity index (χ1v) is 7.88. The highest BCUT2D eigenvalue weighted by Crippen LogP contribution is 2.20. The van der Waals surface area contributed by atoms with Crippen LogP contribution in [0.25, 0.3) is 0 Å². The van der Waals surface area contributed by atoms with Crippen LogP contribution in [-0.2, 0) is 0 Å². The minimum Gasteiger partial charge on any atom is -0.352 e. The second-order valence-corrected chi connectivity index (χ2v) is 5.98. The topological polar surface area (TPSA) is 32.3 Å². The van der Waals surface area contributed by atoms with Crippen molar-refractivity contribution in [1.82, 2.24) is 10.2 Å². The first-order chi connectivity index (χ1) is 9.66. The van der Waals surface area contributed by atoms with E-state index in [1.165, 1.54) is 32.4 Å². The van der Waals surface area contributed by atoms with Crippen molar-refractivity contribution in [2.75, 3.05) is 26.2 Å². The van der Waals surface area contributed by atoms with Crippen molar-refractivity contribution in [3.63, 3.8) is 0 Å². The molecule has 0 unspecified atom stereocenters. The number of benzene rings is 1. The summed E-state index contributed by atoms with van der Waals surface area (Å²) in [7, 11) is 0. The molecule has 0 saturated carbocycles. The van der Waals surface area contributed by atoms with Gasteiger partial charge in [-0.15, -0.1) is 0 Å². The summed E-state index contributed by atoms with van der Waals surface area (Å²) in [4.78, 5) is 14.4. The zero-order valence-corrected chi connectivity index (χ0v) is 13.0. The second kappa shape index (κ2) is 7.87. The lowest BCUT2D eigenvalue weighted by atomic mass is 10.1. The van der Waals surface area contributed by atoms with Crippen molar-refractivity contribution in [2.45, 2.75) is 25.7 Å². The van der Waals surface area contributed by atoms with Crippen molar-refractivity contribution in [1.29, 1.82) is 0 Å². The molecule has 1 aliphatic rings. The van der Waals surface area contributed by atoms with Crippen molar-refractivity contribution in [3.8, 4) is 0 Å². The van der Waals surface area contributed by atoms with E-state index in [1.54, 1.807) is 18.2 Å². The molecule has 0 radical (unpaired) electrons. The largest absolute Gasteiger partial charge is 0.352 e. The predicted octanol–water partition coefficient (Wildman–Crippen LogP) is 3.60. The minimum absolute atomic E-state index is 0.134. The minimum atomic E-state index is -0.134. The fourth-order valence-corrected chi connectivity index (χ4v) is 2.95. The maximum atomic E-state index is 12.0. The molecule has 110 valence electrons. The summed E-state index contributed by atoms with van der Waals surface area (Å²) in [5.74, 6) is -0.134. The molecule has 0 aromatic heterocycles. The van der Waals surface area contributed by atoms with Crippen LogP contribution in [0.2, 0.25) is 10.0 Å². The number of hydrogen-bond acceptors (Lipinski definition) is 2. The number of hydrogen-bond donors (Lipinski definition) is 1. The Balaban J connectivity index is 1.72. The van der Waals surface area contributed by atoms with Crippen LogP contribution in [0.3, 0.4) is 0 Å². The highest BCUT2D eigenvalue weighted by atomic mass is 35.5. The van der Waals surface area contributed by atoms with Gasteiger partial charge < -0.3 is 10.2 Å². The fraction of sp³-hybridized carbons (Fsp3) is 0.533. The first kappa shape index (κ1) is 15.6. The predicted molar refractivity (Wildman–Crippen MR) is 83.7 cm³/mol. The van der Waals surface area contributed by atoms with E-state index in [-0.39, 0.29) is 5.91 Å². The number of nitrogens with zero attached hydrogens (tertiary/aromatic N) is 1. The van der Waals surface area contributed by atoms with E-state index < -0.39 is 0 Å². The lowest BCUT2D eigenvalue weighted by Gasteiger charge is -2.26. The van der Waals surface area contributed by atoms with E-state index in [0.717, 1.165) is 13.0 Å². The van der Waals surface area contributed by atoms with Gasteiger partial charge in [0.15, 0.2) is 0 Å². The normalized spacial score (nSPS) is 16.1. The lowest BCUT2D eigenvalue weighted by molar-refractivity contribution is 0.0951. The van der Waals surface area contributed by atoms with Gasteiger partial charge in [-0.25, -0.2) is 0 Å². The molecular weight excluding hydrogens is 295 g/mol. The standard InChI is InChI=1S/C15H20Cl2N2O/c16-12-5-6-13(14(17)11-12)15(20)18-7-4-10-19-8-2-1-3-9-19/h5-6,11H,1-4,7-10H2,(H,18,20). The Labute approximate surface area is 130 Å². The Morgan fingerprint density at radius 1 is 1.20 bits per heavy atom. The van der Waals surface area contributed by atoms with E-state index in [2.05, 4.69) is 10.2 Å². The lowest BCUT2D eigenvalue weighted by Crippen LogP contribution is -2.33. The molecule has 1 amide bonds. The molecule has 3 nitrogen and oxygen atoms in total. The monoisotopic (exact) mass is 314 g/mol. The van der Waals surface area contributed by atoms with E-state index in [9.17, 15) is 4.79 Å². The highest BCUT2D eigenvalue weighted by molar-refractivity contribution is 6.36. The number of carbonyl (C=O) groups is 1. The van der Waals surface area contributed by atoms with Gasteiger partial charge in [0.05, 0.1) is 10.6 Å². The van der Waals surface area contributed by atoms with Gasteiger partial charge in [-0.1, -0.05) is 29.6 Å². The van der Waals surface area contributed by atoms with Gasteiger partial charge >= 0.3 is 0 Å². The highest BCUT2D eigenvalue weighted by Gasteiger charge is 2.11. The summed E-state index contributed by atoms with van der Waals surface area (Å²) < 4.78 is 0. The summed E-state index contributed by atoms with van der Waals surface area (Å²) in [6, 6.07) is 4.92. The SMILES string of the molecule is O=C(NCCCN1CCCCC1)c1ccc(Cl)cc1Cl. The number of piperidine rings is 1. The van der Waals surface area contributed by atoms with Gasteiger partial charge in [0.2, 0.25) is 0 Å². The van der Waals surface area contributed by atoms with Crippen LogP contribution < -0.4 is 5.32 Å². The molecule has 20 heavy (non-hydrogen) atoms. The molecule has 1 fully saturated rings. The molecule has 1 heterocycles. The van der Waals surface area contributed by atoms with Crippen LogP contribution in [0.15, 0.2) is 18.2 Å². The number of amides is 1. The van der Waals surface area contributed by atoms with Crippen LogP contribution in [-0.4, -0.2) is 37.0 Å². The fourth-order valence-electron chi connectivity index (χ4n) is 2.46. The van der Waals surface area contributed by atoms with Crippen LogP contribution in [0, 0.1) is 0 Å². The van der Waals surface area contributed by atoms with Crippen molar-refractivity contribution >= 4 is 29.1 Å². The third kappa shape index (κ3) is 4.65. The van der Waals surface area contributed by atoms with Gasteiger partial charge in [0.1, 0.15) is 0 Å². The molecule has 0 spiro atoms. The summed E-state index contributed by atoms with van der Waals surface area (Å²) in [6.45, 7) is 4.11. The maximum Gasteiger partial charge on any atom is 0.252 e. The van der Waals surface area contributed by atoms with Gasteiger partial charge in [0, 0.05) is 11.6 Å². The van der Waals surface area contributed by atoms with Crippen LogP contribution in [0.4, 0.5) is 0 Å². The summed E-state index contributed by atoms with van der Waals surface area (Å²) >= 11 is 11.8. The average Bonchev–Trinajstić information content (AvgIpc) is 2.44. The number of nitrogens with one attached hydrogen (secondary N) is 1. The molecule has 1 aromatic carbocycles. The maximum absolute atomic E-state index is 12.0. The Morgan fingerprint density at radius 3 is 2.65 bits per heavy atom. The van der Waals surface area contributed by atoms with Crippen LogP contribution in [0.1, 0.15) is 36.0 Å². The van der Waals surface area contributed by atoms with Crippen molar-refractivity contribution in [3.05, 3.63) is 33.8 Å². The molecule has 0 aliphatic carbocycles. The number of halogens is 2. The Hall–Kier alpha value is -0.770. The van der Waals surface area contributed by atoms with E-state index in [4.69, 9.17) is 23.2 Å². The molecule has 5 heteroatoms. The van der Waals surface area contributed by atoms with Gasteiger partial charge in [0.25, 0.3) is 5.91 Å². The van der Waals surface area contributed by atoms with Gasteiger partial charge in [-0.2, -0.15) is 0 Å². The second-order valence-electron chi connectivity index (χ2n) is 5.14. The van der Waals surface area contributed by atoms with Crippen molar-refractivity contribution in [2.24, 2.45) is 0 Å². The first-order valence-electron chi connectivity index (χ1n) is 7.12. The zero-order chi connectivity index (χ0) is 14.4. The van der Waals surface area contributed by atoms with Crippen LogP contribution in [0.5, 0.6) is 0 Å². The number of rotatable bonds is 5. The molecule has 1 aromatic rings. The number of carbonyl (C=O) groups excluding carboxylic acids is 1. The van der Waals surface area contributed by atoms with E-state index in [0.29, 0.717) is 22.2 Å². The smallest absolute Gasteiger partial charge is 0.252 e. The molecular formula is C15H20Cl2N2O. The third-order valence-electron chi connectivity index (χ3n) is 3.56. The molecule has 1 aliphatic heterocycles. The molecule has 1 saturated heterocycles. The molecule has 2 rings (SSSR count). The Bertz CT molecular complexity index is 459. The van der Waals surface area contributed by atoms with E-state index in [1.807, 2.05) is 0 Å². The molecule has 0 bridgehead atoms. The quantitative estimate of drug-likeness (QED) is 0.842. The van der Waals surface area contributed by atoms with Gasteiger partial charge in [-0.05, 0) is 57.1 Å². The molecule has 1 N–H and O–H groups in total. The van der Waals surface area contributed by atoms with E-state index >= 15 is 0 Å². The van der Waals surface area contributed by atoms with Crippen molar-refractivity contribution < 1.29 is 4.79 Å².